The largest absolute Gasteiger partial charge is 0.394 e. The van der Waals surface area contributed by atoms with Gasteiger partial charge in [0.1, 0.15) is 0 Å². The van der Waals surface area contributed by atoms with E-state index >= 15 is 0 Å². The van der Waals surface area contributed by atoms with Crippen molar-refractivity contribution < 1.29 is 14.4 Å². The molecule has 6 heteroatoms. The predicted octanol–water partition coefficient (Wildman–Crippen LogP) is 3.27. The highest BCUT2D eigenvalue weighted by atomic mass is 16.5. The van der Waals surface area contributed by atoms with Crippen molar-refractivity contribution in [1.82, 2.24) is 15.4 Å². The molecule has 0 saturated carbocycles. The summed E-state index contributed by atoms with van der Waals surface area (Å²) >= 11 is 0. The molecule has 1 amide bonds. The van der Waals surface area contributed by atoms with E-state index in [4.69, 9.17) is 4.52 Å². The highest BCUT2D eigenvalue weighted by Gasteiger charge is 2.27. The van der Waals surface area contributed by atoms with Gasteiger partial charge in [0, 0.05) is 6.07 Å². The minimum Gasteiger partial charge on any atom is -0.394 e. The number of nitrogens with one attached hydrogen (secondary N) is 1. The molecule has 6 nitrogen and oxygen atoms in total. The standard InChI is InChI=1S/C23H33N3O3/c1-23(2,3)21(16-27)24-22(28)20-14-19(29-25-20)15-26-11-9-18(10-12-26)13-17-7-5-4-6-8-17/h4-8,14,18,21,27H,9-13,15-16H2,1-3H3,(H,24,28)/t21-/m1/s1. The van der Waals surface area contributed by atoms with Crippen LogP contribution in [0.4, 0.5) is 0 Å². The van der Waals surface area contributed by atoms with E-state index in [0.29, 0.717) is 12.3 Å². The van der Waals surface area contributed by atoms with Crippen LogP contribution in [0.3, 0.4) is 0 Å². The van der Waals surface area contributed by atoms with Gasteiger partial charge in [-0.1, -0.05) is 56.3 Å². The van der Waals surface area contributed by atoms with E-state index in [1.165, 1.54) is 18.4 Å². The first-order chi connectivity index (χ1) is 13.8. The second kappa shape index (κ2) is 9.55. The van der Waals surface area contributed by atoms with Crippen molar-refractivity contribution in [3.05, 3.63) is 53.4 Å². The first-order valence-electron chi connectivity index (χ1n) is 10.5. The average molecular weight is 400 g/mol. The number of rotatable bonds is 7. The summed E-state index contributed by atoms with van der Waals surface area (Å²) in [6.45, 7) is 8.53. The number of carbonyl (C=O) groups excluding carboxylic acids is 1. The van der Waals surface area contributed by atoms with Crippen molar-refractivity contribution in [3.8, 4) is 0 Å². The molecule has 0 unspecified atom stereocenters. The second-order valence-corrected chi connectivity index (χ2v) is 9.16. The maximum absolute atomic E-state index is 12.4. The van der Waals surface area contributed by atoms with Crippen molar-refractivity contribution in [3.63, 3.8) is 0 Å². The quantitative estimate of drug-likeness (QED) is 0.747. The molecule has 1 saturated heterocycles. The van der Waals surface area contributed by atoms with Crippen molar-refractivity contribution in [1.29, 1.82) is 0 Å². The lowest BCUT2D eigenvalue weighted by Gasteiger charge is -2.31. The molecule has 0 radical (unpaired) electrons. The third-order valence-electron chi connectivity index (χ3n) is 5.78. The number of aliphatic hydroxyl groups excluding tert-OH is 1. The molecule has 2 aromatic rings. The van der Waals surface area contributed by atoms with Crippen LogP contribution < -0.4 is 5.32 Å². The van der Waals surface area contributed by atoms with Gasteiger partial charge in [-0.2, -0.15) is 0 Å². The number of aliphatic hydroxyl groups is 1. The highest BCUT2D eigenvalue weighted by molar-refractivity contribution is 5.92. The Morgan fingerprint density at radius 2 is 1.97 bits per heavy atom. The SMILES string of the molecule is CC(C)(C)[C@@H](CO)NC(=O)c1cc(CN2CCC(Cc3ccccc3)CC2)on1. The van der Waals surface area contributed by atoms with E-state index in [-0.39, 0.29) is 29.7 Å². The van der Waals surface area contributed by atoms with Crippen LogP contribution in [0.5, 0.6) is 0 Å². The lowest BCUT2D eigenvalue weighted by Crippen LogP contribution is -2.46. The molecular formula is C23H33N3O3. The minimum atomic E-state index is -0.334. The Morgan fingerprint density at radius 1 is 1.28 bits per heavy atom. The summed E-state index contributed by atoms with van der Waals surface area (Å²) in [5, 5.41) is 16.3. The Hall–Kier alpha value is -2.18. The maximum Gasteiger partial charge on any atom is 0.273 e. The van der Waals surface area contributed by atoms with Gasteiger partial charge in [0.25, 0.3) is 5.91 Å². The molecule has 0 aliphatic carbocycles. The van der Waals surface area contributed by atoms with Gasteiger partial charge in [-0.15, -0.1) is 0 Å². The van der Waals surface area contributed by atoms with Crippen LogP contribution in [0.25, 0.3) is 0 Å². The Morgan fingerprint density at radius 3 is 2.59 bits per heavy atom. The van der Waals surface area contributed by atoms with E-state index in [1.807, 2.05) is 20.8 Å². The topological polar surface area (TPSA) is 78.6 Å². The first-order valence-corrected chi connectivity index (χ1v) is 10.5. The summed E-state index contributed by atoms with van der Waals surface area (Å²) in [4.78, 5) is 14.8. The molecule has 29 heavy (non-hydrogen) atoms. The molecule has 2 heterocycles. The monoisotopic (exact) mass is 399 g/mol. The molecule has 1 aliphatic rings. The zero-order valence-electron chi connectivity index (χ0n) is 17.7. The number of benzene rings is 1. The Bertz CT molecular complexity index is 774. The minimum absolute atomic E-state index is 0.113. The number of likely N-dealkylation sites (tertiary alicyclic amines) is 1. The van der Waals surface area contributed by atoms with E-state index in [1.54, 1.807) is 6.07 Å². The van der Waals surface area contributed by atoms with Crippen LogP contribution in [0.1, 0.15) is 55.4 Å². The fraction of sp³-hybridized carbons (Fsp3) is 0.565. The molecule has 2 N–H and O–H groups in total. The number of nitrogens with zero attached hydrogens (tertiary/aromatic N) is 2. The zero-order chi connectivity index (χ0) is 20.9. The maximum atomic E-state index is 12.4. The lowest BCUT2D eigenvalue weighted by molar-refractivity contribution is 0.0839. The van der Waals surface area contributed by atoms with Gasteiger partial charge >= 0.3 is 0 Å². The van der Waals surface area contributed by atoms with Gasteiger partial charge in [-0.3, -0.25) is 9.69 Å². The number of hydrogen-bond acceptors (Lipinski definition) is 5. The summed E-state index contributed by atoms with van der Waals surface area (Å²) in [5.41, 5.74) is 1.44. The molecule has 1 atom stereocenters. The van der Waals surface area contributed by atoms with Crippen LogP contribution in [0.15, 0.2) is 40.9 Å². The van der Waals surface area contributed by atoms with Gasteiger partial charge in [0.15, 0.2) is 11.5 Å². The highest BCUT2D eigenvalue weighted by Crippen LogP contribution is 2.23. The predicted molar refractivity (Wildman–Crippen MR) is 112 cm³/mol. The van der Waals surface area contributed by atoms with Crippen LogP contribution >= 0.6 is 0 Å². The third-order valence-corrected chi connectivity index (χ3v) is 5.78. The van der Waals surface area contributed by atoms with E-state index < -0.39 is 0 Å². The Labute approximate surface area is 173 Å². The summed E-state index contributed by atoms with van der Waals surface area (Å²) in [7, 11) is 0. The Kier molecular flexibility index (Phi) is 7.09. The van der Waals surface area contributed by atoms with Crippen molar-refractivity contribution >= 4 is 5.91 Å². The summed E-state index contributed by atoms with van der Waals surface area (Å²) in [6.07, 6.45) is 3.47. The fourth-order valence-corrected chi connectivity index (χ4v) is 3.78. The smallest absolute Gasteiger partial charge is 0.273 e. The molecule has 1 aromatic heterocycles. The van der Waals surface area contributed by atoms with E-state index in [2.05, 4.69) is 45.7 Å². The van der Waals surface area contributed by atoms with Crippen LogP contribution in [0.2, 0.25) is 0 Å². The number of carbonyl (C=O) groups is 1. The summed E-state index contributed by atoms with van der Waals surface area (Å²) < 4.78 is 5.40. The Balaban J connectivity index is 1.47. The zero-order valence-corrected chi connectivity index (χ0v) is 17.7. The average Bonchev–Trinajstić information content (AvgIpc) is 3.16. The molecule has 1 aromatic carbocycles. The first kappa shape index (κ1) is 21.5. The molecule has 0 bridgehead atoms. The third kappa shape index (κ3) is 6.15. The van der Waals surface area contributed by atoms with Gasteiger partial charge < -0.3 is 14.9 Å². The molecule has 158 valence electrons. The second-order valence-electron chi connectivity index (χ2n) is 9.16. The number of aromatic nitrogens is 1. The number of hydrogen-bond donors (Lipinski definition) is 2. The van der Waals surface area contributed by atoms with Crippen LogP contribution in [-0.4, -0.2) is 46.8 Å². The summed E-state index contributed by atoms with van der Waals surface area (Å²) in [5.74, 6) is 1.11. The van der Waals surface area contributed by atoms with Crippen LogP contribution in [0, 0.1) is 11.3 Å². The van der Waals surface area contributed by atoms with Gasteiger partial charge in [-0.25, -0.2) is 0 Å². The van der Waals surface area contributed by atoms with Crippen molar-refractivity contribution in [2.75, 3.05) is 19.7 Å². The van der Waals surface area contributed by atoms with Crippen molar-refractivity contribution in [2.45, 2.75) is 52.6 Å². The molecule has 3 rings (SSSR count). The van der Waals surface area contributed by atoms with Crippen molar-refractivity contribution in [2.24, 2.45) is 11.3 Å². The van der Waals surface area contributed by atoms with E-state index in [9.17, 15) is 9.90 Å². The summed E-state index contributed by atoms with van der Waals surface area (Å²) in [6, 6.07) is 12.0. The molecule has 0 spiro atoms. The number of piperidine rings is 1. The number of amides is 1. The lowest BCUT2D eigenvalue weighted by atomic mass is 9.87. The fourth-order valence-electron chi connectivity index (χ4n) is 3.78. The van der Waals surface area contributed by atoms with Gasteiger partial charge in [-0.05, 0) is 49.2 Å². The van der Waals surface area contributed by atoms with Gasteiger partial charge in [0.05, 0.1) is 19.2 Å². The normalized spacial score (nSPS) is 17.2. The molecular weight excluding hydrogens is 366 g/mol. The molecule has 1 fully saturated rings. The van der Waals surface area contributed by atoms with Crippen LogP contribution in [-0.2, 0) is 13.0 Å². The molecule has 1 aliphatic heterocycles. The van der Waals surface area contributed by atoms with E-state index in [0.717, 1.165) is 25.4 Å². The van der Waals surface area contributed by atoms with Gasteiger partial charge in [0.2, 0.25) is 0 Å².